The lowest BCUT2D eigenvalue weighted by Crippen LogP contribution is -2.15. The number of hydrogen-bond donors (Lipinski definition) is 0. The number of aromatic nitrogens is 1. The first-order chi connectivity index (χ1) is 13.9. The standard InChI is InChI=1S/C23H23NO4S/c1-3-28-23(25)14-11-20-16-21(15-19-7-5-4-6-8-19)24(17-20)29(26,27)22-12-9-18(2)10-13-22/h4-14,16-17H,3,15H2,1-2H3/b14-11+. The van der Waals surface area contributed by atoms with Crippen molar-refractivity contribution in [1.29, 1.82) is 0 Å². The molecule has 0 aliphatic carbocycles. The highest BCUT2D eigenvalue weighted by Crippen LogP contribution is 2.22. The monoisotopic (exact) mass is 409 g/mol. The number of benzene rings is 2. The smallest absolute Gasteiger partial charge is 0.330 e. The van der Waals surface area contributed by atoms with Crippen molar-refractivity contribution in [3.8, 4) is 0 Å². The quantitative estimate of drug-likeness (QED) is 0.433. The van der Waals surface area contributed by atoms with Gasteiger partial charge in [0.15, 0.2) is 0 Å². The van der Waals surface area contributed by atoms with Gasteiger partial charge in [-0.25, -0.2) is 17.2 Å². The predicted molar refractivity (Wildman–Crippen MR) is 113 cm³/mol. The fraction of sp³-hybridized carbons (Fsp3) is 0.174. The Morgan fingerprint density at radius 1 is 1.07 bits per heavy atom. The summed E-state index contributed by atoms with van der Waals surface area (Å²) in [5, 5.41) is 0. The molecule has 2 aromatic carbocycles. The van der Waals surface area contributed by atoms with Gasteiger partial charge in [-0.3, -0.25) is 0 Å². The van der Waals surface area contributed by atoms with Crippen LogP contribution in [0.1, 0.15) is 29.3 Å². The molecule has 0 radical (unpaired) electrons. The third-order valence-corrected chi connectivity index (χ3v) is 6.11. The number of esters is 1. The van der Waals surface area contributed by atoms with E-state index in [1.165, 1.54) is 16.2 Å². The molecule has 1 aromatic heterocycles. The average molecular weight is 410 g/mol. The van der Waals surface area contributed by atoms with Gasteiger partial charge in [0.05, 0.1) is 11.5 Å². The second-order valence-electron chi connectivity index (χ2n) is 6.63. The summed E-state index contributed by atoms with van der Waals surface area (Å²) in [6, 6.07) is 18.2. The molecular weight excluding hydrogens is 386 g/mol. The molecule has 0 spiro atoms. The molecule has 6 heteroatoms. The Balaban J connectivity index is 2.03. The summed E-state index contributed by atoms with van der Waals surface area (Å²) in [6.07, 6.45) is 4.84. The third kappa shape index (κ3) is 5.03. The Kier molecular flexibility index (Phi) is 6.34. The van der Waals surface area contributed by atoms with Crippen LogP contribution in [-0.2, 0) is 26.0 Å². The molecule has 1 heterocycles. The molecule has 0 N–H and O–H groups in total. The van der Waals surface area contributed by atoms with Gasteiger partial charge in [0.25, 0.3) is 10.0 Å². The van der Waals surface area contributed by atoms with Crippen LogP contribution in [-0.4, -0.2) is 25.0 Å². The zero-order valence-corrected chi connectivity index (χ0v) is 17.2. The van der Waals surface area contributed by atoms with Gasteiger partial charge in [-0.1, -0.05) is 48.0 Å². The highest BCUT2D eigenvalue weighted by molar-refractivity contribution is 7.90. The average Bonchev–Trinajstić information content (AvgIpc) is 3.11. The maximum atomic E-state index is 13.3. The molecule has 0 saturated carbocycles. The van der Waals surface area contributed by atoms with Crippen LogP contribution < -0.4 is 0 Å². The first kappa shape index (κ1) is 20.6. The normalized spacial score (nSPS) is 11.7. The fourth-order valence-corrected chi connectivity index (χ4v) is 4.33. The van der Waals surface area contributed by atoms with Crippen LogP contribution in [0.15, 0.2) is 77.8 Å². The zero-order valence-electron chi connectivity index (χ0n) is 16.4. The highest BCUT2D eigenvalue weighted by Gasteiger charge is 2.20. The molecule has 0 atom stereocenters. The van der Waals surface area contributed by atoms with E-state index in [2.05, 4.69) is 0 Å². The Hall–Kier alpha value is -3.12. The second kappa shape index (κ2) is 8.92. The molecule has 0 bridgehead atoms. The van der Waals surface area contributed by atoms with E-state index in [1.54, 1.807) is 43.3 Å². The summed E-state index contributed by atoms with van der Waals surface area (Å²) in [4.78, 5) is 11.8. The van der Waals surface area contributed by atoms with Gasteiger partial charge >= 0.3 is 5.97 Å². The Morgan fingerprint density at radius 2 is 1.76 bits per heavy atom. The minimum Gasteiger partial charge on any atom is -0.463 e. The van der Waals surface area contributed by atoms with E-state index in [-0.39, 0.29) is 11.5 Å². The van der Waals surface area contributed by atoms with Gasteiger partial charge in [0.2, 0.25) is 0 Å². The summed E-state index contributed by atoms with van der Waals surface area (Å²) in [5.74, 6) is -0.466. The summed E-state index contributed by atoms with van der Waals surface area (Å²) in [5.41, 5.74) is 3.20. The summed E-state index contributed by atoms with van der Waals surface area (Å²) >= 11 is 0. The molecular formula is C23H23NO4S. The molecule has 150 valence electrons. The lowest BCUT2D eigenvalue weighted by atomic mass is 10.1. The van der Waals surface area contributed by atoms with Crippen LogP contribution in [0.5, 0.6) is 0 Å². The number of carbonyl (C=O) groups excluding carboxylic acids is 1. The number of carbonyl (C=O) groups is 1. The van der Waals surface area contributed by atoms with Crippen LogP contribution >= 0.6 is 0 Å². The van der Waals surface area contributed by atoms with E-state index in [4.69, 9.17) is 4.74 Å². The largest absolute Gasteiger partial charge is 0.463 e. The topological polar surface area (TPSA) is 65.4 Å². The maximum absolute atomic E-state index is 13.3. The maximum Gasteiger partial charge on any atom is 0.330 e. The summed E-state index contributed by atoms with van der Waals surface area (Å²) < 4.78 is 32.7. The van der Waals surface area contributed by atoms with Gasteiger partial charge < -0.3 is 4.74 Å². The van der Waals surface area contributed by atoms with Crippen molar-refractivity contribution >= 4 is 22.1 Å². The van der Waals surface area contributed by atoms with Gasteiger partial charge in [-0.15, -0.1) is 0 Å². The van der Waals surface area contributed by atoms with Gasteiger partial charge in [0.1, 0.15) is 0 Å². The number of nitrogens with zero attached hydrogens (tertiary/aromatic N) is 1. The van der Waals surface area contributed by atoms with Crippen LogP contribution in [0.2, 0.25) is 0 Å². The Labute approximate surface area is 171 Å². The Morgan fingerprint density at radius 3 is 2.41 bits per heavy atom. The molecule has 0 amide bonds. The predicted octanol–water partition coefficient (Wildman–Crippen LogP) is 4.20. The molecule has 3 aromatic rings. The summed E-state index contributed by atoms with van der Waals surface area (Å²) in [7, 11) is -3.77. The number of ether oxygens (including phenoxy) is 1. The van der Waals surface area contributed by atoms with Gasteiger partial charge in [0, 0.05) is 24.4 Å². The van der Waals surface area contributed by atoms with Crippen molar-refractivity contribution in [2.45, 2.75) is 25.2 Å². The fourth-order valence-electron chi connectivity index (χ4n) is 2.94. The van der Waals surface area contributed by atoms with Crippen LogP contribution in [0, 0.1) is 6.92 Å². The number of hydrogen-bond acceptors (Lipinski definition) is 4. The minimum atomic E-state index is -3.77. The summed E-state index contributed by atoms with van der Waals surface area (Å²) in [6.45, 7) is 3.92. The molecule has 3 rings (SSSR count). The Bertz CT molecular complexity index is 1110. The molecule has 0 aliphatic rings. The molecule has 5 nitrogen and oxygen atoms in total. The van der Waals surface area contributed by atoms with E-state index >= 15 is 0 Å². The van der Waals surface area contributed by atoms with Crippen molar-refractivity contribution in [3.63, 3.8) is 0 Å². The first-order valence-electron chi connectivity index (χ1n) is 9.32. The number of aryl methyl sites for hydroxylation is 1. The van der Waals surface area contributed by atoms with Crippen molar-refractivity contribution in [3.05, 3.63) is 95.3 Å². The lowest BCUT2D eigenvalue weighted by Gasteiger charge is -2.11. The van der Waals surface area contributed by atoms with E-state index in [9.17, 15) is 13.2 Å². The minimum absolute atomic E-state index is 0.217. The van der Waals surface area contributed by atoms with E-state index in [0.717, 1.165) is 11.1 Å². The second-order valence-corrected chi connectivity index (χ2v) is 8.44. The SMILES string of the molecule is CCOC(=O)/C=C/c1cc(Cc2ccccc2)n(S(=O)(=O)c2ccc(C)cc2)c1. The van der Waals surface area contributed by atoms with Crippen molar-refractivity contribution < 1.29 is 17.9 Å². The van der Waals surface area contributed by atoms with Crippen LogP contribution in [0.3, 0.4) is 0 Å². The number of rotatable bonds is 7. The van der Waals surface area contributed by atoms with Crippen molar-refractivity contribution in [1.82, 2.24) is 3.97 Å². The van der Waals surface area contributed by atoms with Gasteiger partial charge in [-0.05, 0) is 49.2 Å². The van der Waals surface area contributed by atoms with Crippen LogP contribution in [0.4, 0.5) is 0 Å². The highest BCUT2D eigenvalue weighted by atomic mass is 32.2. The molecule has 0 fully saturated rings. The molecule has 29 heavy (non-hydrogen) atoms. The molecule has 0 aliphatic heterocycles. The van der Waals surface area contributed by atoms with E-state index < -0.39 is 16.0 Å². The molecule has 0 saturated heterocycles. The van der Waals surface area contributed by atoms with Crippen LogP contribution in [0.25, 0.3) is 6.08 Å². The zero-order chi connectivity index (χ0) is 20.9. The molecule has 0 unspecified atom stereocenters. The lowest BCUT2D eigenvalue weighted by molar-refractivity contribution is -0.137. The third-order valence-electron chi connectivity index (χ3n) is 4.39. The van der Waals surface area contributed by atoms with E-state index in [0.29, 0.717) is 17.7 Å². The van der Waals surface area contributed by atoms with E-state index in [1.807, 2.05) is 37.3 Å². The van der Waals surface area contributed by atoms with Crippen molar-refractivity contribution in [2.75, 3.05) is 6.61 Å². The van der Waals surface area contributed by atoms with Gasteiger partial charge in [-0.2, -0.15) is 0 Å². The van der Waals surface area contributed by atoms with Crippen molar-refractivity contribution in [2.24, 2.45) is 0 Å². The first-order valence-corrected chi connectivity index (χ1v) is 10.8.